The van der Waals surface area contributed by atoms with Crippen LogP contribution < -0.4 is 20.7 Å². The highest BCUT2D eigenvalue weighted by Crippen LogP contribution is 2.30. The first-order chi connectivity index (χ1) is 21.0. The lowest BCUT2D eigenvalue weighted by Gasteiger charge is -2.14. The Morgan fingerprint density at radius 3 is 2.22 bits per heavy atom. The van der Waals surface area contributed by atoms with Crippen LogP contribution in [0.2, 0.25) is 5.02 Å². The highest BCUT2D eigenvalue weighted by atomic mass is 35.5. The first kappa shape index (κ1) is 33.2. The van der Waals surface area contributed by atoms with Crippen LogP contribution >= 0.6 is 11.6 Å². The number of halogens is 7. The van der Waals surface area contributed by atoms with E-state index >= 15 is 0 Å². The van der Waals surface area contributed by atoms with E-state index < -0.39 is 42.3 Å². The van der Waals surface area contributed by atoms with E-state index in [9.17, 15) is 40.7 Å². The van der Waals surface area contributed by atoms with Gasteiger partial charge in [-0.15, -0.1) is 13.2 Å². The number of carbonyl (C=O) groups excluding carboxylic acids is 3. The van der Waals surface area contributed by atoms with Gasteiger partial charge in [0.25, 0.3) is 11.8 Å². The fourth-order valence-corrected chi connectivity index (χ4v) is 4.50. The summed E-state index contributed by atoms with van der Waals surface area (Å²) in [6.45, 7) is 2.07. The number of rotatable bonds is 9. The van der Waals surface area contributed by atoms with E-state index in [-0.39, 0.29) is 51.2 Å². The van der Waals surface area contributed by atoms with Crippen molar-refractivity contribution in [2.24, 2.45) is 5.92 Å². The summed E-state index contributed by atoms with van der Waals surface area (Å²) in [5, 5.41) is 7.92. The zero-order valence-corrected chi connectivity index (χ0v) is 24.3. The zero-order chi connectivity index (χ0) is 33.1. The number of hydrogen-bond acceptors (Lipinski definition) is 4. The zero-order valence-electron chi connectivity index (χ0n) is 23.6. The predicted molar refractivity (Wildman–Crippen MR) is 155 cm³/mol. The van der Waals surface area contributed by atoms with E-state index in [1.807, 2.05) is 0 Å². The summed E-state index contributed by atoms with van der Waals surface area (Å²) in [6, 6.07) is 14.0. The van der Waals surface area contributed by atoms with Crippen LogP contribution in [0.1, 0.15) is 40.3 Å². The Balaban J connectivity index is 1.60. The van der Waals surface area contributed by atoms with E-state index in [0.29, 0.717) is 10.1 Å². The first-order valence-corrected chi connectivity index (χ1v) is 13.6. The smallest absolute Gasteiger partial charge is 0.406 e. The van der Waals surface area contributed by atoms with Crippen molar-refractivity contribution in [1.29, 1.82) is 0 Å². The highest BCUT2D eigenvalue weighted by Gasteiger charge is 2.32. The van der Waals surface area contributed by atoms with Crippen LogP contribution in [0.25, 0.3) is 10.9 Å². The topological polar surface area (TPSA) is 101 Å². The molecule has 0 radical (unpaired) electrons. The Morgan fingerprint density at radius 1 is 0.867 bits per heavy atom. The third-order valence-electron chi connectivity index (χ3n) is 6.32. The summed E-state index contributed by atoms with van der Waals surface area (Å²) in [4.78, 5) is 38.0. The van der Waals surface area contributed by atoms with Crippen LogP contribution in [0.15, 0.2) is 66.7 Å². The Bertz CT molecular complexity index is 1750. The molecule has 8 nitrogen and oxygen atoms in total. The maximum atomic E-state index is 13.5. The second kappa shape index (κ2) is 13.1. The number of carbonyl (C=O) groups is 3. The van der Waals surface area contributed by atoms with Crippen LogP contribution in [0.5, 0.6) is 5.75 Å². The van der Waals surface area contributed by atoms with E-state index in [1.54, 1.807) is 19.9 Å². The number of hydrogen-bond donors (Lipinski definition) is 3. The molecule has 1 aromatic heterocycles. The Kier molecular flexibility index (Phi) is 9.66. The molecule has 3 N–H and O–H groups in total. The molecule has 4 aromatic rings. The molecule has 0 bridgehead atoms. The van der Waals surface area contributed by atoms with Crippen LogP contribution in [0.4, 0.5) is 37.7 Å². The molecule has 1 heterocycles. The maximum absolute atomic E-state index is 13.5. The molecule has 0 atom stereocenters. The van der Waals surface area contributed by atoms with Gasteiger partial charge in [-0.2, -0.15) is 13.2 Å². The van der Waals surface area contributed by atoms with Gasteiger partial charge in [0, 0.05) is 40.8 Å². The van der Waals surface area contributed by atoms with Gasteiger partial charge in [0.15, 0.2) is 0 Å². The lowest BCUT2D eigenvalue weighted by atomic mass is 10.1. The van der Waals surface area contributed by atoms with Crippen molar-refractivity contribution in [2.45, 2.75) is 39.5 Å². The fraction of sp³-hybridized carbons (Fsp3) is 0.233. The molecule has 0 aliphatic rings. The van der Waals surface area contributed by atoms with E-state index in [4.69, 9.17) is 11.6 Å². The number of nitrogens with one attached hydrogen (secondary N) is 3. The van der Waals surface area contributed by atoms with Crippen LogP contribution in [-0.4, -0.2) is 34.8 Å². The minimum Gasteiger partial charge on any atom is -0.406 e. The Hall–Kier alpha value is -4.72. The lowest BCUT2D eigenvalue weighted by molar-refractivity contribution is -0.274. The molecule has 4 rings (SSSR count). The molecular formula is C30H25ClF6N4O4. The maximum Gasteiger partial charge on any atom is 0.573 e. The molecule has 238 valence electrons. The average Bonchev–Trinajstić information content (AvgIpc) is 3.27. The molecule has 0 saturated heterocycles. The summed E-state index contributed by atoms with van der Waals surface area (Å²) in [5.41, 5.74) is 0.276. The van der Waals surface area contributed by atoms with Gasteiger partial charge in [-0.05, 0) is 54.1 Å². The van der Waals surface area contributed by atoms with Crippen molar-refractivity contribution in [3.63, 3.8) is 0 Å². The predicted octanol–water partition coefficient (Wildman–Crippen LogP) is 7.53. The van der Waals surface area contributed by atoms with Gasteiger partial charge >= 0.3 is 12.5 Å². The van der Waals surface area contributed by atoms with Crippen molar-refractivity contribution in [3.8, 4) is 5.75 Å². The van der Waals surface area contributed by atoms with Crippen molar-refractivity contribution in [1.82, 2.24) is 9.88 Å². The second-order valence-electron chi connectivity index (χ2n) is 10.2. The first-order valence-electron chi connectivity index (χ1n) is 13.2. The molecule has 0 saturated carbocycles. The molecule has 0 unspecified atom stereocenters. The number of amides is 3. The summed E-state index contributed by atoms with van der Waals surface area (Å²) in [5.74, 6) is -2.72. The van der Waals surface area contributed by atoms with Gasteiger partial charge in [0.2, 0.25) is 5.91 Å². The second-order valence-corrected chi connectivity index (χ2v) is 10.6. The summed E-state index contributed by atoms with van der Waals surface area (Å²) >= 11 is 6.23. The number of fused-ring (bicyclic) bond motifs is 1. The van der Waals surface area contributed by atoms with Gasteiger partial charge in [0.1, 0.15) is 18.0 Å². The molecule has 3 aromatic carbocycles. The van der Waals surface area contributed by atoms with Crippen molar-refractivity contribution < 1.29 is 45.5 Å². The van der Waals surface area contributed by atoms with Gasteiger partial charge in [-0.3, -0.25) is 14.4 Å². The molecule has 0 aliphatic heterocycles. The number of benzene rings is 3. The quantitative estimate of drug-likeness (QED) is 0.162. The van der Waals surface area contributed by atoms with Gasteiger partial charge < -0.3 is 25.3 Å². The van der Waals surface area contributed by atoms with Crippen LogP contribution in [-0.2, 0) is 17.9 Å². The molecule has 0 fully saturated rings. The molecule has 15 heteroatoms. The molecular weight excluding hydrogens is 630 g/mol. The van der Waals surface area contributed by atoms with E-state index in [0.717, 1.165) is 18.2 Å². The fourth-order valence-electron chi connectivity index (χ4n) is 4.30. The van der Waals surface area contributed by atoms with Crippen molar-refractivity contribution in [3.05, 3.63) is 88.6 Å². The number of anilines is 2. The number of nitrogens with zero attached hydrogens (tertiary/aromatic N) is 1. The van der Waals surface area contributed by atoms with Gasteiger partial charge in [0.05, 0.1) is 10.6 Å². The third kappa shape index (κ3) is 8.91. The highest BCUT2D eigenvalue weighted by molar-refractivity contribution is 6.34. The Labute approximate surface area is 257 Å². The van der Waals surface area contributed by atoms with E-state index in [2.05, 4.69) is 20.7 Å². The summed E-state index contributed by atoms with van der Waals surface area (Å²) < 4.78 is 82.8. The van der Waals surface area contributed by atoms with E-state index in [1.165, 1.54) is 42.5 Å². The normalized spacial score (nSPS) is 11.9. The van der Waals surface area contributed by atoms with Crippen LogP contribution in [0, 0.1) is 5.92 Å². The minimum atomic E-state index is -4.99. The summed E-state index contributed by atoms with van der Waals surface area (Å²) in [6.07, 6.45) is -9.72. The Morgan fingerprint density at radius 2 is 1.56 bits per heavy atom. The summed E-state index contributed by atoms with van der Waals surface area (Å²) in [7, 11) is 0. The van der Waals surface area contributed by atoms with Gasteiger partial charge in [-0.1, -0.05) is 37.6 Å². The number of aromatic nitrogens is 1. The molecule has 45 heavy (non-hydrogen) atoms. The van der Waals surface area contributed by atoms with Crippen molar-refractivity contribution >= 4 is 51.6 Å². The largest absolute Gasteiger partial charge is 0.573 e. The third-order valence-corrected chi connectivity index (χ3v) is 6.65. The molecule has 3 amide bonds. The molecule has 0 spiro atoms. The number of ether oxygens (including phenoxy) is 1. The van der Waals surface area contributed by atoms with Crippen molar-refractivity contribution in [2.75, 3.05) is 10.6 Å². The monoisotopic (exact) mass is 654 g/mol. The average molecular weight is 655 g/mol. The SMILES string of the molecule is CC(C)C(=O)NCc1ccc(Cl)c(C(=O)Nc2ccc3c(c2)cc(C(=O)Nc2cccc(OC(F)(F)F)c2)n3CC(F)(F)F)c1. The minimum absolute atomic E-state index is 0.00514. The number of alkyl halides is 6. The lowest BCUT2D eigenvalue weighted by Crippen LogP contribution is -2.27. The van der Waals surface area contributed by atoms with Gasteiger partial charge in [-0.25, -0.2) is 0 Å². The van der Waals surface area contributed by atoms with Crippen LogP contribution in [0.3, 0.4) is 0 Å². The molecule has 0 aliphatic carbocycles. The standard InChI is InChI=1S/C30H25ClF6N4O4/c1-16(2)26(42)38-14-17-6-8-23(31)22(10-17)27(43)39-20-7-9-24-18(11-20)12-25(41(24)15-29(32,33)34)28(44)40-19-4-3-5-21(13-19)45-30(35,36)37/h3-13,16H,14-15H2,1-2H3,(H,38,42)(H,39,43)(H,40,44).